The van der Waals surface area contributed by atoms with Crippen LogP contribution < -0.4 is 10.1 Å². The van der Waals surface area contributed by atoms with Crippen LogP contribution in [-0.4, -0.2) is 14.2 Å². The van der Waals surface area contributed by atoms with Gasteiger partial charge in [0.2, 0.25) is 0 Å². The number of aryl methyl sites for hydroxylation is 1. The molecule has 1 aromatic carbocycles. The highest BCUT2D eigenvalue weighted by molar-refractivity contribution is 7.48. The van der Waals surface area contributed by atoms with Crippen LogP contribution in [0.5, 0.6) is 5.75 Å². The molecule has 8 heteroatoms. The predicted octanol–water partition coefficient (Wildman–Crippen LogP) is 2.75. The van der Waals surface area contributed by atoms with Crippen LogP contribution >= 0.6 is 7.82 Å². The Labute approximate surface area is 120 Å². The maximum absolute atomic E-state index is 11.9. The average Bonchev–Trinajstić information content (AvgIpc) is 2.47. The maximum atomic E-state index is 11.9. The second-order valence-corrected chi connectivity index (χ2v) is 5.87. The fourth-order valence-electron chi connectivity index (χ4n) is 1.80. The van der Waals surface area contributed by atoms with Gasteiger partial charge in [-0.3, -0.25) is 9.05 Å². The molecule has 0 amide bonds. The Morgan fingerprint density at radius 3 is 2.52 bits per heavy atom. The Balaban J connectivity index is 2.56. The Bertz CT molecular complexity index is 827. The first-order chi connectivity index (χ1) is 9.94. The van der Waals surface area contributed by atoms with Crippen LogP contribution in [0.3, 0.4) is 0 Å². The van der Waals surface area contributed by atoms with Crippen molar-refractivity contribution in [3.63, 3.8) is 0 Å². The molecule has 110 valence electrons. The fourth-order valence-corrected chi connectivity index (χ4v) is 2.47. The van der Waals surface area contributed by atoms with Crippen LogP contribution in [0.2, 0.25) is 0 Å². The van der Waals surface area contributed by atoms with Gasteiger partial charge in [0.25, 0.3) is 0 Å². The molecule has 0 radical (unpaired) electrons. The molecule has 0 atom stereocenters. The summed E-state index contributed by atoms with van der Waals surface area (Å²) in [6.07, 6.45) is 0. The Hall–Kier alpha value is -2.13. The van der Waals surface area contributed by atoms with Gasteiger partial charge in [-0.1, -0.05) is 0 Å². The molecule has 2 aromatic rings. The molecular weight excluding hydrogens is 297 g/mol. The van der Waals surface area contributed by atoms with Gasteiger partial charge in [0.15, 0.2) is 0 Å². The number of rotatable bonds is 4. The van der Waals surface area contributed by atoms with Crippen molar-refractivity contribution in [1.82, 2.24) is 0 Å². The van der Waals surface area contributed by atoms with Crippen LogP contribution in [0, 0.1) is 18.3 Å². The van der Waals surface area contributed by atoms with Crippen molar-refractivity contribution in [3.05, 3.63) is 39.7 Å². The highest BCUT2D eigenvalue weighted by Gasteiger charge is 2.25. The summed E-state index contributed by atoms with van der Waals surface area (Å²) in [7, 11) is -1.31. The van der Waals surface area contributed by atoms with Gasteiger partial charge in [-0.05, 0) is 24.6 Å². The summed E-state index contributed by atoms with van der Waals surface area (Å²) in [6.45, 7) is 1.65. The van der Waals surface area contributed by atoms with Crippen molar-refractivity contribution in [3.8, 4) is 11.8 Å². The van der Waals surface area contributed by atoms with Gasteiger partial charge in [0.1, 0.15) is 23.0 Å². The van der Waals surface area contributed by atoms with Crippen molar-refractivity contribution in [2.75, 3.05) is 14.2 Å². The Kier molecular flexibility index (Phi) is 4.14. The van der Waals surface area contributed by atoms with Crippen molar-refractivity contribution in [1.29, 1.82) is 5.26 Å². The van der Waals surface area contributed by atoms with Gasteiger partial charge in [0.05, 0.1) is 0 Å². The first-order valence-corrected chi connectivity index (χ1v) is 7.29. The quantitative estimate of drug-likeness (QED) is 0.632. The molecule has 2 rings (SSSR count). The second kappa shape index (κ2) is 5.70. The van der Waals surface area contributed by atoms with E-state index < -0.39 is 13.4 Å². The number of hydrogen-bond donors (Lipinski definition) is 0. The summed E-state index contributed by atoms with van der Waals surface area (Å²) in [5.74, 6) is 0.154. The highest BCUT2D eigenvalue weighted by Crippen LogP contribution is 2.48. The minimum atomic E-state index is -3.69. The van der Waals surface area contributed by atoms with E-state index in [1.54, 1.807) is 19.1 Å². The zero-order chi connectivity index (χ0) is 15.6. The molecule has 0 aliphatic rings. The van der Waals surface area contributed by atoms with Crippen molar-refractivity contribution in [2.45, 2.75) is 6.92 Å². The molecule has 1 aromatic heterocycles. The van der Waals surface area contributed by atoms with Crippen molar-refractivity contribution >= 4 is 18.8 Å². The molecular formula is C13H12NO6P. The summed E-state index contributed by atoms with van der Waals surface area (Å²) >= 11 is 0. The number of fused-ring (bicyclic) bond motifs is 1. The molecule has 0 spiro atoms. The monoisotopic (exact) mass is 309 g/mol. The van der Waals surface area contributed by atoms with E-state index in [1.807, 2.05) is 0 Å². The van der Waals surface area contributed by atoms with E-state index in [0.717, 1.165) is 0 Å². The van der Waals surface area contributed by atoms with Gasteiger partial charge < -0.3 is 8.94 Å². The number of nitriles is 1. The number of phosphoric ester groups is 1. The van der Waals surface area contributed by atoms with Crippen LogP contribution in [-0.2, 0) is 13.6 Å². The number of phosphoric acid groups is 1. The van der Waals surface area contributed by atoms with Gasteiger partial charge in [-0.2, -0.15) is 5.26 Å². The standard InChI is InChI=1S/C13H12NO6P/c1-8-10-5-4-9(20-21(16,17-2)18-3)6-12(10)19-13(15)11(8)7-14/h4-6H,1-3H3. The molecule has 0 fully saturated rings. The van der Waals surface area contributed by atoms with Crippen molar-refractivity contribution < 1.29 is 22.6 Å². The number of nitrogens with zero attached hydrogens (tertiary/aromatic N) is 1. The molecule has 0 saturated carbocycles. The van der Waals surface area contributed by atoms with Crippen LogP contribution in [0.25, 0.3) is 11.0 Å². The van der Waals surface area contributed by atoms with Gasteiger partial charge in [0, 0.05) is 25.7 Å². The second-order valence-electron chi connectivity index (χ2n) is 4.06. The summed E-state index contributed by atoms with van der Waals surface area (Å²) < 4.78 is 31.4. The highest BCUT2D eigenvalue weighted by atomic mass is 31.2. The smallest absolute Gasteiger partial charge is 0.422 e. The lowest BCUT2D eigenvalue weighted by Crippen LogP contribution is -2.06. The van der Waals surface area contributed by atoms with E-state index in [0.29, 0.717) is 10.9 Å². The maximum Gasteiger partial charge on any atom is 0.529 e. The van der Waals surface area contributed by atoms with E-state index in [4.69, 9.17) is 14.2 Å². The summed E-state index contributed by atoms with van der Waals surface area (Å²) in [4.78, 5) is 11.7. The molecule has 1 heterocycles. The third kappa shape index (κ3) is 2.83. The predicted molar refractivity (Wildman–Crippen MR) is 74.2 cm³/mol. The van der Waals surface area contributed by atoms with Crippen LogP contribution in [0.4, 0.5) is 0 Å². The summed E-state index contributed by atoms with van der Waals surface area (Å²) in [6, 6.07) is 6.30. The summed E-state index contributed by atoms with van der Waals surface area (Å²) in [5.41, 5.74) is -0.0540. The minimum Gasteiger partial charge on any atom is -0.422 e. The fraction of sp³-hybridized carbons (Fsp3) is 0.231. The lowest BCUT2D eigenvalue weighted by molar-refractivity contribution is 0.211. The van der Waals surface area contributed by atoms with Gasteiger partial charge in [-0.25, -0.2) is 9.36 Å². The van der Waals surface area contributed by atoms with E-state index >= 15 is 0 Å². The van der Waals surface area contributed by atoms with E-state index in [9.17, 15) is 9.36 Å². The van der Waals surface area contributed by atoms with E-state index in [2.05, 4.69) is 9.05 Å². The van der Waals surface area contributed by atoms with Crippen molar-refractivity contribution in [2.24, 2.45) is 0 Å². The molecule has 0 bridgehead atoms. The van der Waals surface area contributed by atoms with E-state index in [-0.39, 0.29) is 16.9 Å². The number of benzene rings is 1. The first kappa shape index (κ1) is 15.3. The molecule has 0 aliphatic carbocycles. The largest absolute Gasteiger partial charge is 0.529 e. The third-order valence-corrected chi connectivity index (χ3v) is 4.24. The normalized spacial score (nSPS) is 11.3. The van der Waals surface area contributed by atoms with Gasteiger partial charge in [-0.15, -0.1) is 0 Å². The summed E-state index contributed by atoms with van der Waals surface area (Å²) in [5, 5.41) is 9.51. The zero-order valence-electron chi connectivity index (χ0n) is 11.6. The third-order valence-electron chi connectivity index (χ3n) is 2.92. The Morgan fingerprint density at radius 2 is 1.95 bits per heavy atom. The SMILES string of the molecule is COP(=O)(OC)Oc1ccc2c(C)c(C#N)c(=O)oc2c1. The topological polar surface area (TPSA) is 98.8 Å². The van der Waals surface area contributed by atoms with Gasteiger partial charge >= 0.3 is 13.4 Å². The Morgan fingerprint density at radius 1 is 1.29 bits per heavy atom. The molecule has 7 nitrogen and oxygen atoms in total. The lowest BCUT2D eigenvalue weighted by Gasteiger charge is -2.14. The first-order valence-electron chi connectivity index (χ1n) is 5.82. The van der Waals surface area contributed by atoms with Crippen LogP contribution in [0.15, 0.2) is 27.4 Å². The minimum absolute atomic E-state index is 0.0457. The number of hydrogen-bond acceptors (Lipinski definition) is 7. The zero-order valence-corrected chi connectivity index (χ0v) is 12.5. The molecule has 0 saturated heterocycles. The van der Waals surface area contributed by atoms with Crippen LogP contribution in [0.1, 0.15) is 11.1 Å². The molecule has 21 heavy (non-hydrogen) atoms. The molecule has 0 N–H and O–H groups in total. The average molecular weight is 309 g/mol. The molecule has 0 unspecified atom stereocenters. The lowest BCUT2D eigenvalue weighted by atomic mass is 10.1. The molecule has 0 aliphatic heterocycles. The van der Waals surface area contributed by atoms with E-state index in [1.165, 1.54) is 26.4 Å².